The van der Waals surface area contributed by atoms with E-state index in [1.807, 2.05) is 6.07 Å². The van der Waals surface area contributed by atoms with Gasteiger partial charge in [0.25, 0.3) is 0 Å². The smallest absolute Gasteiger partial charge is 0.138 e. The van der Waals surface area contributed by atoms with E-state index in [4.69, 9.17) is 10.7 Å². The molecule has 1 aromatic rings. The van der Waals surface area contributed by atoms with E-state index in [0.717, 1.165) is 24.7 Å². The van der Waals surface area contributed by atoms with Crippen LogP contribution < -0.4 is 10.6 Å². The lowest BCUT2D eigenvalue weighted by Gasteiger charge is -2.29. The molecule has 112 valence electrons. The summed E-state index contributed by atoms with van der Waals surface area (Å²) >= 11 is 0. The molecule has 0 radical (unpaired) electrons. The summed E-state index contributed by atoms with van der Waals surface area (Å²) in [6.07, 6.45) is 2.43. The van der Waals surface area contributed by atoms with Gasteiger partial charge in [-0.05, 0) is 26.9 Å². The topological polar surface area (TPSA) is 58.3 Å². The van der Waals surface area contributed by atoms with Crippen LogP contribution in [0.5, 0.6) is 0 Å². The van der Waals surface area contributed by atoms with Gasteiger partial charge in [0.1, 0.15) is 17.5 Å². The van der Waals surface area contributed by atoms with Gasteiger partial charge in [-0.25, -0.2) is 9.97 Å². The lowest BCUT2D eigenvalue weighted by atomic mass is 9.96. The zero-order valence-corrected chi connectivity index (χ0v) is 13.3. The molecule has 1 aliphatic rings. The largest absolute Gasteiger partial charge is 0.384 e. The fourth-order valence-corrected chi connectivity index (χ4v) is 2.68. The second-order valence-electron chi connectivity index (χ2n) is 6.98. The molecule has 5 nitrogen and oxygen atoms in total. The standard InChI is InChI=1S/C15H27N5/c1-15(2,3)14-17-12(16)9-13(18-14)20-8-6-7-11(20)10-19(4)5/h9,11H,6-8,10H2,1-5H3,(H2,16,17,18). The summed E-state index contributed by atoms with van der Waals surface area (Å²) in [5, 5.41) is 0. The van der Waals surface area contributed by atoms with Gasteiger partial charge in [0.15, 0.2) is 0 Å². The summed E-state index contributed by atoms with van der Waals surface area (Å²) in [5.41, 5.74) is 5.90. The number of likely N-dealkylation sites (N-methyl/N-ethyl adjacent to an activating group) is 1. The highest BCUT2D eigenvalue weighted by atomic mass is 15.3. The molecule has 20 heavy (non-hydrogen) atoms. The van der Waals surface area contributed by atoms with Crippen LogP contribution in [-0.2, 0) is 5.41 Å². The second kappa shape index (κ2) is 5.56. The molecule has 5 heteroatoms. The average Bonchev–Trinajstić information content (AvgIpc) is 2.74. The number of hydrogen-bond donors (Lipinski definition) is 1. The molecule has 1 unspecified atom stereocenters. The van der Waals surface area contributed by atoms with E-state index < -0.39 is 0 Å². The minimum atomic E-state index is -0.0824. The Hall–Kier alpha value is -1.36. The predicted octanol–water partition coefficient (Wildman–Crippen LogP) is 1.89. The van der Waals surface area contributed by atoms with Crippen LogP contribution in [0.3, 0.4) is 0 Å². The lowest BCUT2D eigenvalue weighted by Crippen LogP contribution is -2.38. The lowest BCUT2D eigenvalue weighted by molar-refractivity contribution is 0.371. The third-order valence-electron chi connectivity index (χ3n) is 3.65. The molecule has 0 aliphatic carbocycles. The van der Waals surface area contributed by atoms with Gasteiger partial charge in [-0.3, -0.25) is 0 Å². The Balaban J connectivity index is 2.30. The van der Waals surface area contributed by atoms with Gasteiger partial charge >= 0.3 is 0 Å². The van der Waals surface area contributed by atoms with Crippen LogP contribution in [0.4, 0.5) is 11.6 Å². The van der Waals surface area contributed by atoms with E-state index in [9.17, 15) is 0 Å². The minimum Gasteiger partial charge on any atom is -0.384 e. The molecule has 0 saturated carbocycles. The third-order valence-corrected chi connectivity index (χ3v) is 3.65. The summed E-state index contributed by atoms with van der Waals surface area (Å²) in [4.78, 5) is 13.8. The van der Waals surface area contributed by atoms with E-state index in [0.29, 0.717) is 11.9 Å². The van der Waals surface area contributed by atoms with Crippen LogP contribution in [0.1, 0.15) is 39.4 Å². The quantitative estimate of drug-likeness (QED) is 0.914. The highest BCUT2D eigenvalue weighted by Gasteiger charge is 2.28. The van der Waals surface area contributed by atoms with Crippen LogP contribution in [0.2, 0.25) is 0 Å². The fraction of sp³-hybridized carbons (Fsp3) is 0.733. The van der Waals surface area contributed by atoms with Crippen LogP contribution in [0.25, 0.3) is 0 Å². The maximum atomic E-state index is 5.98. The normalized spacial score (nSPS) is 19.9. The maximum absolute atomic E-state index is 5.98. The van der Waals surface area contributed by atoms with Crippen molar-refractivity contribution in [3.8, 4) is 0 Å². The molecule has 0 aromatic carbocycles. The molecule has 2 heterocycles. The number of rotatable bonds is 3. The van der Waals surface area contributed by atoms with Crippen molar-refractivity contribution in [2.75, 3.05) is 37.8 Å². The number of hydrogen-bond acceptors (Lipinski definition) is 5. The number of nitrogens with two attached hydrogens (primary N) is 1. The monoisotopic (exact) mass is 277 g/mol. The van der Waals surface area contributed by atoms with Gasteiger partial charge in [-0.2, -0.15) is 0 Å². The number of nitrogen functional groups attached to an aromatic ring is 1. The summed E-state index contributed by atoms with van der Waals surface area (Å²) in [7, 11) is 4.23. The number of nitrogens with zero attached hydrogens (tertiary/aromatic N) is 4. The van der Waals surface area contributed by atoms with Gasteiger partial charge in [-0.15, -0.1) is 0 Å². The first-order valence-corrected chi connectivity index (χ1v) is 7.34. The van der Waals surface area contributed by atoms with Gasteiger partial charge in [0.05, 0.1) is 0 Å². The first kappa shape index (κ1) is 15.0. The summed E-state index contributed by atoms with van der Waals surface area (Å²) < 4.78 is 0. The predicted molar refractivity (Wildman–Crippen MR) is 84.1 cm³/mol. The van der Waals surface area contributed by atoms with Crippen molar-refractivity contribution in [3.05, 3.63) is 11.9 Å². The zero-order valence-electron chi connectivity index (χ0n) is 13.3. The van der Waals surface area contributed by atoms with Crippen molar-refractivity contribution in [3.63, 3.8) is 0 Å². The Morgan fingerprint density at radius 2 is 2.05 bits per heavy atom. The molecule has 1 fully saturated rings. The van der Waals surface area contributed by atoms with Crippen molar-refractivity contribution in [2.45, 2.75) is 45.1 Å². The molecule has 0 bridgehead atoms. The first-order chi connectivity index (χ1) is 9.27. The van der Waals surface area contributed by atoms with E-state index in [1.165, 1.54) is 12.8 Å². The fourth-order valence-electron chi connectivity index (χ4n) is 2.68. The van der Waals surface area contributed by atoms with E-state index in [2.05, 4.69) is 49.7 Å². The summed E-state index contributed by atoms with van der Waals surface area (Å²) in [6.45, 7) is 8.46. The average molecular weight is 277 g/mol. The minimum absolute atomic E-state index is 0.0824. The highest BCUT2D eigenvalue weighted by molar-refractivity contribution is 5.49. The molecule has 1 aromatic heterocycles. The first-order valence-electron chi connectivity index (χ1n) is 7.34. The molecule has 1 aliphatic heterocycles. The van der Waals surface area contributed by atoms with Crippen LogP contribution in [0.15, 0.2) is 6.07 Å². The molecule has 0 spiro atoms. The maximum Gasteiger partial charge on any atom is 0.138 e. The number of anilines is 2. The zero-order chi connectivity index (χ0) is 14.9. The Kier molecular flexibility index (Phi) is 4.18. The third kappa shape index (κ3) is 3.39. The Labute approximate surface area is 122 Å². The van der Waals surface area contributed by atoms with Gasteiger partial charge in [-0.1, -0.05) is 20.8 Å². The molecule has 1 saturated heterocycles. The summed E-state index contributed by atoms with van der Waals surface area (Å²) in [5.74, 6) is 2.37. The molecule has 0 amide bonds. The van der Waals surface area contributed by atoms with E-state index in [1.54, 1.807) is 0 Å². The van der Waals surface area contributed by atoms with Crippen molar-refractivity contribution in [1.29, 1.82) is 0 Å². The molecule has 1 atom stereocenters. The second-order valence-corrected chi connectivity index (χ2v) is 6.98. The molecule has 2 N–H and O–H groups in total. The Morgan fingerprint density at radius 1 is 1.35 bits per heavy atom. The Bertz CT molecular complexity index is 464. The van der Waals surface area contributed by atoms with Crippen LogP contribution in [-0.4, -0.2) is 48.1 Å². The highest BCUT2D eigenvalue weighted by Crippen LogP contribution is 2.28. The summed E-state index contributed by atoms with van der Waals surface area (Å²) in [6, 6.07) is 2.43. The van der Waals surface area contributed by atoms with Crippen molar-refractivity contribution in [2.24, 2.45) is 0 Å². The molecular formula is C15H27N5. The van der Waals surface area contributed by atoms with Crippen LogP contribution >= 0.6 is 0 Å². The van der Waals surface area contributed by atoms with Crippen molar-refractivity contribution < 1.29 is 0 Å². The van der Waals surface area contributed by atoms with E-state index >= 15 is 0 Å². The van der Waals surface area contributed by atoms with Gasteiger partial charge < -0.3 is 15.5 Å². The number of aromatic nitrogens is 2. The molecule has 2 rings (SSSR count). The Morgan fingerprint density at radius 3 is 2.65 bits per heavy atom. The van der Waals surface area contributed by atoms with Crippen molar-refractivity contribution in [1.82, 2.24) is 14.9 Å². The van der Waals surface area contributed by atoms with Gasteiger partial charge in [0.2, 0.25) is 0 Å². The van der Waals surface area contributed by atoms with Crippen molar-refractivity contribution >= 4 is 11.6 Å². The van der Waals surface area contributed by atoms with Crippen LogP contribution in [0, 0.1) is 0 Å². The van der Waals surface area contributed by atoms with Gasteiger partial charge in [0, 0.05) is 30.6 Å². The molecular weight excluding hydrogens is 250 g/mol. The SMILES string of the molecule is CN(C)CC1CCCN1c1cc(N)nc(C(C)(C)C)n1. The van der Waals surface area contributed by atoms with E-state index in [-0.39, 0.29) is 5.41 Å².